The third-order valence-electron chi connectivity index (χ3n) is 4.91. The minimum Gasteiger partial charge on any atom is -0.497 e. The fourth-order valence-corrected chi connectivity index (χ4v) is 4.67. The molecule has 2 aromatic heterocycles. The summed E-state index contributed by atoms with van der Waals surface area (Å²) in [6.45, 7) is 0. The van der Waals surface area contributed by atoms with Crippen molar-refractivity contribution in [3.05, 3.63) is 74.9 Å². The number of aromatic amines is 1. The van der Waals surface area contributed by atoms with Crippen LogP contribution in [0.1, 0.15) is 21.7 Å². The first-order valence-electron chi connectivity index (χ1n) is 9.63. The molecule has 2 heterocycles. The van der Waals surface area contributed by atoms with Crippen molar-refractivity contribution >= 4 is 50.0 Å². The van der Waals surface area contributed by atoms with Crippen molar-refractivity contribution in [3.8, 4) is 17.0 Å². The summed E-state index contributed by atoms with van der Waals surface area (Å²) < 4.78 is 6.11. The van der Waals surface area contributed by atoms with E-state index in [1.807, 2.05) is 48.5 Å². The Labute approximate surface area is 191 Å². The summed E-state index contributed by atoms with van der Waals surface area (Å²) in [7, 11) is 1.64. The molecule has 0 fully saturated rings. The highest BCUT2D eigenvalue weighted by atomic mass is 79.9. The highest BCUT2D eigenvalue weighted by molar-refractivity contribution is 9.11. The maximum atomic E-state index is 12.4. The van der Waals surface area contributed by atoms with E-state index < -0.39 is 0 Å². The Balaban J connectivity index is 1.48. The Bertz CT molecular complexity index is 1230. The highest BCUT2D eigenvalue weighted by Crippen LogP contribution is 2.32. The molecule has 0 unspecified atom stereocenters. The molecule has 0 spiro atoms. The molecule has 8 heteroatoms. The number of H-pyrrole nitrogens is 1. The second-order valence-electron chi connectivity index (χ2n) is 6.86. The number of benzene rings is 2. The topological polar surface area (TPSA) is 83.2 Å². The van der Waals surface area contributed by atoms with E-state index >= 15 is 0 Å². The van der Waals surface area contributed by atoms with Gasteiger partial charge >= 0.3 is 0 Å². The van der Waals surface area contributed by atoms with Crippen molar-refractivity contribution in [1.82, 2.24) is 15.8 Å². The van der Waals surface area contributed by atoms with Crippen LogP contribution in [0.5, 0.6) is 5.75 Å². The standard InChI is InChI=1S/C23H20BrN3O3S/c1-30-15-8-6-14(7-9-15)22-17(16-4-2-3-5-18(16)25-22)10-13-21(28)26-27-23(29)19-11-12-20(24)31-19/h2-9,11-12,25H,10,13H2,1H3,(H,26,28)(H,27,29). The average Bonchev–Trinajstić information content (AvgIpc) is 3.39. The number of halogens is 1. The number of carbonyl (C=O) groups excluding carboxylic acids is 2. The van der Waals surface area contributed by atoms with Gasteiger partial charge in [-0.1, -0.05) is 18.2 Å². The Morgan fingerprint density at radius 1 is 1.03 bits per heavy atom. The molecule has 4 aromatic rings. The van der Waals surface area contributed by atoms with Crippen LogP contribution in [0.4, 0.5) is 0 Å². The van der Waals surface area contributed by atoms with Crippen LogP contribution < -0.4 is 15.6 Å². The van der Waals surface area contributed by atoms with Gasteiger partial charge in [0, 0.05) is 23.0 Å². The first-order chi connectivity index (χ1) is 15.0. The number of ether oxygens (including phenoxy) is 1. The molecule has 3 N–H and O–H groups in total. The summed E-state index contributed by atoms with van der Waals surface area (Å²) >= 11 is 4.63. The second kappa shape index (κ2) is 9.36. The van der Waals surface area contributed by atoms with E-state index in [-0.39, 0.29) is 18.2 Å². The van der Waals surface area contributed by atoms with Crippen LogP contribution in [0.15, 0.2) is 64.5 Å². The van der Waals surface area contributed by atoms with E-state index in [4.69, 9.17) is 4.74 Å². The van der Waals surface area contributed by atoms with E-state index in [0.29, 0.717) is 11.3 Å². The first kappa shape index (κ1) is 21.1. The van der Waals surface area contributed by atoms with E-state index in [0.717, 1.165) is 37.3 Å². The summed E-state index contributed by atoms with van der Waals surface area (Å²) in [5, 5.41) is 1.08. The van der Waals surface area contributed by atoms with Gasteiger partial charge in [0.25, 0.3) is 5.91 Å². The molecule has 0 aliphatic carbocycles. The van der Waals surface area contributed by atoms with Crippen LogP contribution >= 0.6 is 27.3 Å². The molecule has 0 aliphatic rings. The van der Waals surface area contributed by atoms with Crippen LogP contribution in [0.2, 0.25) is 0 Å². The lowest BCUT2D eigenvalue weighted by molar-refractivity contribution is -0.121. The lowest BCUT2D eigenvalue weighted by Crippen LogP contribution is -2.41. The van der Waals surface area contributed by atoms with Crippen molar-refractivity contribution in [3.63, 3.8) is 0 Å². The number of carbonyl (C=O) groups is 2. The van der Waals surface area contributed by atoms with Crippen molar-refractivity contribution in [2.45, 2.75) is 12.8 Å². The summed E-state index contributed by atoms with van der Waals surface area (Å²) in [5.41, 5.74) is 9.04. The van der Waals surface area contributed by atoms with Crippen LogP contribution in [-0.4, -0.2) is 23.9 Å². The lowest BCUT2D eigenvalue weighted by atomic mass is 10.0. The van der Waals surface area contributed by atoms with Crippen molar-refractivity contribution in [2.75, 3.05) is 7.11 Å². The minimum absolute atomic E-state index is 0.236. The first-order valence-corrected chi connectivity index (χ1v) is 11.2. The fourth-order valence-electron chi connectivity index (χ4n) is 3.39. The van der Waals surface area contributed by atoms with E-state index in [2.05, 4.69) is 31.8 Å². The smallest absolute Gasteiger partial charge is 0.279 e. The molecule has 4 rings (SSSR count). The zero-order chi connectivity index (χ0) is 21.8. The van der Waals surface area contributed by atoms with Crippen molar-refractivity contribution in [1.29, 1.82) is 0 Å². The van der Waals surface area contributed by atoms with Gasteiger partial charge in [-0.05, 0) is 75.9 Å². The minimum atomic E-state index is -0.338. The molecule has 0 saturated carbocycles. The number of fused-ring (bicyclic) bond motifs is 1. The van der Waals surface area contributed by atoms with Gasteiger partial charge < -0.3 is 9.72 Å². The summed E-state index contributed by atoms with van der Waals surface area (Å²) in [4.78, 5) is 28.5. The number of nitrogens with one attached hydrogen (secondary N) is 3. The monoisotopic (exact) mass is 497 g/mol. The van der Waals surface area contributed by atoms with Gasteiger partial charge in [0.05, 0.1) is 15.8 Å². The summed E-state index contributed by atoms with van der Waals surface area (Å²) in [6, 6.07) is 19.3. The molecule has 0 atom stereocenters. The van der Waals surface area contributed by atoms with Crippen LogP contribution in [0.3, 0.4) is 0 Å². The lowest BCUT2D eigenvalue weighted by Gasteiger charge is -2.08. The molecule has 2 amide bonds. The van der Waals surface area contributed by atoms with Gasteiger partial charge in [-0.15, -0.1) is 11.3 Å². The van der Waals surface area contributed by atoms with Gasteiger partial charge in [-0.25, -0.2) is 0 Å². The predicted molar refractivity (Wildman–Crippen MR) is 126 cm³/mol. The number of hydrazine groups is 1. The molecular weight excluding hydrogens is 478 g/mol. The number of aromatic nitrogens is 1. The van der Waals surface area contributed by atoms with Crippen LogP contribution in [0, 0.1) is 0 Å². The number of aryl methyl sites for hydroxylation is 1. The second-order valence-corrected chi connectivity index (χ2v) is 9.32. The van der Waals surface area contributed by atoms with Gasteiger partial charge in [-0.2, -0.15) is 0 Å². The maximum absolute atomic E-state index is 12.4. The zero-order valence-corrected chi connectivity index (χ0v) is 19.1. The Morgan fingerprint density at radius 3 is 2.52 bits per heavy atom. The van der Waals surface area contributed by atoms with Crippen LogP contribution in [-0.2, 0) is 11.2 Å². The zero-order valence-electron chi connectivity index (χ0n) is 16.7. The number of hydrogen-bond acceptors (Lipinski definition) is 4. The Hall–Kier alpha value is -3.10. The average molecular weight is 498 g/mol. The molecule has 0 saturated heterocycles. The SMILES string of the molecule is COc1ccc(-c2[nH]c3ccccc3c2CCC(=O)NNC(=O)c2ccc(Br)s2)cc1. The van der Waals surface area contributed by atoms with Crippen molar-refractivity contribution < 1.29 is 14.3 Å². The normalized spacial score (nSPS) is 10.8. The van der Waals surface area contributed by atoms with E-state index in [9.17, 15) is 9.59 Å². The molecule has 0 aliphatic heterocycles. The van der Waals surface area contributed by atoms with Gasteiger partial charge in [0.2, 0.25) is 5.91 Å². The number of hydrogen-bond donors (Lipinski definition) is 3. The highest BCUT2D eigenvalue weighted by Gasteiger charge is 2.15. The number of rotatable bonds is 6. The van der Waals surface area contributed by atoms with Gasteiger partial charge in [0.15, 0.2) is 0 Å². The maximum Gasteiger partial charge on any atom is 0.279 e. The molecule has 31 heavy (non-hydrogen) atoms. The molecule has 0 bridgehead atoms. The largest absolute Gasteiger partial charge is 0.497 e. The van der Waals surface area contributed by atoms with Gasteiger partial charge in [0.1, 0.15) is 5.75 Å². The Morgan fingerprint density at radius 2 is 1.81 bits per heavy atom. The fraction of sp³-hybridized carbons (Fsp3) is 0.130. The third kappa shape index (κ3) is 4.81. The number of para-hydroxylation sites is 1. The van der Waals surface area contributed by atoms with Gasteiger partial charge in [-0.3, -0.25) is 20.4 Å². The van der Waals surface area contributed by atoms with E-state index in [1.54, 1.807) is 19.2 Å². The van der Waals surface area contributed by atoms with Crippen molar-refractivity contribution in [2.24, 2.45) is 0 Å². The molecule has 158 valence electrons. The summed E-state index contributed by atoms with van der Waals surface area (Å²) in [6.07, 6.45) is 0.761. The number of thiophene rings is 1. The number of methoxy groups -OCH3 is 1. The molecule has 0 radical (unpaired) electrons. The molecule has 2 aromatic carbocycles. The molecule has 6 nitrogen and oxygen atoms in total. The summed E-state index contributed by atoms with van der Waals surface area (Å²) in [5.74, 6) is 0.194. The predicted octanol–water partition coefficient (Wildman–Crippen LogP) is 5.06. The molecular formula is C23H20BrN3O3S. The third-order valence-corrected chi connectivity index (χ3v) is 6.53. The Kier molecular flexibility index (Phi) is 6.39. The quantitative estimate of drug-likeness (QED) is 0.325. The van der Waals surface area contributed by atoms with E-state index in [1.165, 1.54) is 11.3 Å². The van der Waals surface area contributed by atoms with Crippen LogP contribution in [0.25, 0.3) is 22.2 Å². The number of amides is 2.